The maximum absolute atomic E-state index is 10.6. The van der Waals surface area contributed by atoms with E-state index in [0.717, 1.165) is 0 Å². The van der Waals surface area contributed by atoms with E-state index >= 15 is 0 Å². The van der Waals surface area contributed by atoms with Crippen LogP contribution in [0.2, 0.25) is 0 Å². The molecule has 0 aliphatic heterocycles. The quantitative estimate of drug-likeness (QED) is 0.463. The van der Waals surface area contributed by atoms with E-state index in [1.165, 1.54) is 6.92 Å². The molecule has 1 atom stereocenters. The highest BCUT2D eigenvalue weighted by molar-refractivity contribution is 7.74. The fraction of sp³-hybridized carbons (Fsp3) is 0.600. The Morgan fingerprint density at radius 1 is 1.55 bits per heavy atom. The van der Waals surface area contributed by atoms with Crippen molar-refractivity contribution < 1.29 is 22.5 Å². The Labute approximate surface area is 66.2 Å². The fourth-order valence-corrected chi connectivity index (χ4v) is 0.677. The van der Waals surface area contributed by atoms with Gasteiger partial charge in [-0.3, -0.25) is 18.3 Å². The molecule has 0 aliphatic carbocycles. The van der Waals surface area contributed by atoms with E-state index in [9.17, 15) is 13.8 Å². The minimum Gasteiger partial charge on any atom is -0.300 e. The molecule has 0 aromatic heterocycles. The van der Waals surface area contributed by atoms with Crippen LogP contribution in [0.25, 0.3) is 0 Å². The summed E-state index contributed by atoms with van der Waals surface area (Å²) in [5.41, 5.74) is 0. The first-order valence-corrected chi connectivity index (χ1v) is 3.81. The Kier molecular flexibility index (Phi) is 4.84. The van der Waals surface area contributed by atoms with E-state index in [1.807, 2.05) is 0 Å². The zero-order valence-corrected chi connectivity index (χ0v) is 6.72. The van der Waals surface area contributed by atoms with Crippen molar-refractivity contribution in [2.45, 2.75) is 13.3 Å². The Balaban J connectivity index is 3.53. The summed E-state index contributed by atoms with van der Waals surface area (Å²) in [4.78, 5) is 20.9. The molecule has 1 unspecified atom stereocenters. The Morgan fingerprint density at radius 3 is 2.45 bits per heavy atom. The van der Waals surface area contributed by atoms with Crippen molar-refractivity contribution >= 4 is 22.9 Å². The first-order valence-electron chi connectivity index (χ1n) is 2.77. The van der Waals surface area contributed by atoms with E-state index in [-0.39, 0.29) is 12.2 Å². The second-order valence-corrected chi connectivity index (χ2v) is 2.57. The Hall–Kier alpha value is -0.590. The summed E-state index contributed by atoms with van der Waals surface area (Å²) in [6, 6.07) is 0. The van der Waals surface area contributed by atoms with Crippen LogP contribution in [0.15, 0.2) is 0 Å². The van der Waals surface area contributed by atoms with Crippen molar-refractivity contribution in [3.05, 3.63) is 0 Å². The highest BCUT2D eigenvalue weighted by Crippen LogP contribution is 1.87. The van der Waals surface area contributed by atoms with Gasteiger partial charge in [0.05, 0.1) is 6.42 Å². The normalized spacial score (nSPS) is 12.5. The van der Waals surface area contributed by atoms with Gasteiger partial charge in [-0.2, -0.15) is 4.21 Å². The number of hydrogen-bond donors (Lipinski definition) is 1. The molecule has 0 saturated carbocycles. The second-order valence-electron chi connectivity index (χ2n) is 1.90. The van der Waals surface area contributed by atoms with Gasteiger partial charge in [0, 0.05) is 0 Å². The largest absolute Gasteiger partial charge is 0.302 e. The van der Waals surface area contributed by atoms with Crippen LogP contribution in [-0.4, -0.2) is 26.9 Å². The van der Waals surface area contributed by atoms with Crippen molar-refractivity contribution in [3.8, 4) is 0 Å². The molecule has 0 saturated heterocycles. The third-order valence-corrected chi connectivity index (χ3v) is 1.09. The summed E-state index contributed by atoms with van der Waals surface area (Å²) < 4.78 is 21.9. The molecule has 0 rings (SSSR count). The van der Waals surface area contributed by atoms with E-state index in [1.54, 1.807) is 0 Å². The van der Waals surface area contributed by atoms with E-state index in [4.69, 9.17) is 4.55 Å². The number of hydrogen-bond acceptors (Lipinski definition) is 4. The lowest BCUT2D eigenvalue weighted by atomic mass is 10.2. The van der Waals surface area contributed by atoms with Gasteiger partial charge in [-0.15, -0.1) is 0 Å². The maximum Gasteiger partial charge on any atom is 0.302 e. The van der Waals surface area contributed by atoms with Crippen LogP contribution in [0.5, 0.6) is 0 Å². The molecule has 0 heterocycles. The maximum atomic E-state index is 10.6. The van der Waals surface area contributed by atoms with Gasteiger partial charge in [-0.1, -0.05) is 0 Å². The summed E-state index contributed by atoms with van der Waals surface area (Å²) in [7, 11) is 0. The van der Waals surface area contributed by atoms with Crippen molar-refractivity contribution in [2.24, 2.45) is 0 Å². The second kappa shape index (κ2) is 5.11. The van der Waals surface area contributed by atoms with Gasteiger partial charge < -0.3 is 0 Å². The molecule has 0 radical (unpaired) electrons. The summed E-state index contributed by atoms with van der Waals surface area (Å²) in [6.07, 6.45) is -0.253. The molecule has 1 N–H and O–H groups in total. The molecule has 0 spiro atoms. The zero-order valence-electron chi connectivity index (χ0n) is 5.90. The SMILES string of the molecule is CC(=O)CC(=O)COS(=O)O. The highest BCUT2D eigenvalue weighted by atomic mass is 32.2. The van der Waals surface area contributed by atoms with Gasteiger partial charge in [-0.05, 0) is 6.92 Å². The lowest BCUT2D eigenvalue weighted by molar-refractivity contribution is -0.127. The molecule has 0 aromatic carbocycles. The van der Waals surface area contributed by atoms with Crippen LogP contribution in [0.4, 0.5) is 0 Å². The molecule has 0 aromatic rings. The van der Waals surface area contributed by atoms with Crippen molar-refractivity contribution in [2.75, 3.05) is 6.61 Å². The van der Waals surface area contributed by atoms with Crippen LogP contribution in [0.1, 0.15) is 13.3 Å². The first-order chi connectivity index (χ1) is 5.02. The minimum absolute atomic E-state index is 0.253. The fourth-order valence-electron chi connectivity index (χ4n) is 0.445. The first kappa shape index (κ1) is 10.4. The smallest absolute Gasteiger partial charge is 0.300 e. The van der Waals surface area contributed by atoms with Crippen molar-refractivity contribution in [3.63, 3.8) is 0 Å². The summed E-state index contributed by atoms with van der Waals surface area (Å²) in [5, 5.41) is 0. The topological polar surface area (TPSA) is 80.7 Å². The molecular weight excluding hydrogens is 172 g/mol. The van der Waals surface area contributed by atoms with Crippen LogP contribution < -0.4 is 0 Å². The standard InChI is InChI=1S/C5H8O5S/c1-4(6)2-5(7)3-10-11(8)9/h2-3H2,1H3,(H,8,9). The molecule has 5 nitrogen and oxygen atoms in total. The highest BCUT2D eigenvalue weighted by Gasteiger charge is 2.06. The van der Waals surface area contributed by atoms with Crippen LogP contribution in [0, 0.1) is 0 Å². The average molecular weight is 180 g/mol. The molecule has 64 valence electrons. The third-order valence-electron chi connectivity index (χ3n) is 0.767. The Morgan fingerprint density at radius 2 is 2.09 bits per heavy atom. The van der Waals surface area contributed by atoms with Gasteiger partial charge in [0.1, 0.15) is 12.4 Å². The van der Waals surface area contributed by atoms with Crippen molar-refractivity contribution in [1.82, 2.24) is 0 Å². The molecule has 0 amide bonds. The number of carbonyl (C=O) groups excluding carboxylic acids is 2. The van der Waals surface area contributed by atoms with E-state index in [0.29, 0.717) is 0 Å². The van der Waals surface area contributed by atoms with Gasteiger partial charge in [0.2, 0.25) is 0 Å². The van der Waals surface area contributed by atoms with Crippen LogP contribution in [0.3, 0.4) is 0 Å². The number of ketones is 2. The van der Waals surface area contributed by atoms with Crippen molar-refractivity contribution in [1.29, 1.82) is 0 Å². The number of Topliss-reactive ketones (excluding diaryl/α,β-unsaturated/α-hetero) is 2. The molecular formula is C5H8O5S. The van der Waals surface area contributed by atoms with E-state index in [2.05, 4.69) is 4.18 Å². The monoisotopic (exact) mass is 180 g/mol. The van der Waals surface area contributed by atoms with E-state index < -0.39 is 23.8 Å². The number of rotatable bonds is 5. The molecule has 11 heavy (non-hydrogen) atoms. The Bertz CT molecular complexity index is 187. The summed E-state index contributed by atoms with van der Waals surface area (Å²) >= 11 is -2.43. The van der Waals surface area contributed by atoms with Crippen LogP contribution >= 0.6 is 0 Å². The van der Waals surface area contributed by atoms with Crippen LogP contribution in [-0.2, 0) is 25.1 Å². The summed E-state index contributed by atoms with van der Waals surface area (Å²) in [6.45, 7) is 0.760. The van der Waals surface area contributed by atoms with Gasteiger partial charge in [-0.25, -0.2) is 0 Å². The lowest BCUT2D eigenvalue weighted by Crippen LogP contribution is -2.12. The predicted octanol–water partition coefficient (Wildman–Crippen LogP) is -0.312. The molecule has 6 heteroatoms. The number of carbonyl (C=O) groups is 2. The molecule has 0 fully saturated rings. The summed E-state index contributed by atoms with van der Waals surface area (Å²) in [5.74, 6) is -0.790. The zero-order chi connectivity index (χ0) is 8.85. The minimum atomic E-state index is -2.43. The van der Waals surface area contributed by atoms with Gasteiger partial charge >= 0.3 is 11.4 Å². The predicted molar refractivity (Wildman–Crippen MR) is 37.0 cm³/mol. The lowest BCUT2D eigenvalue weighted by Gasteiger charge is -1.94. The molecule has 0 bridgehead atoms. The van der Waals surface area contributed by atoms with Gasteiger partial charge in [0.25, 0.3) is 0 Å². The molecule has 0 aliphatic rings. The average Bonchev–Trinajstić information content (AvgIpc) is 1.82. The van der Waals surface area contributed by atoms with Gasteiger partial charge in [0.15, 0.2) is 5.78 Å². The third kappa shape index (κ3) is 7.31.